The van der Waals surface area contributed by atoms with Crippen molar-refractivity contribution >= 4 is 15.9 Å². The minimum absolute atomic E-state index is 0.104. The molecule has 0 unspecified atom stereocenters. The topological polar surface area (TPSA) is 40.5 Å². The number of halogens is 3. The van der Waals surface area contributed by atoms with Gasteiger partial charge in [-0.15, -0.1) is 0 Å². The van der Waals surface area contributed by atoms with Crippen molar-refractivity contribution in [1.82, 2.24) is 4.57 Å². The smallest absolute Gasteiger partial charge is 0.256 e. The molecule has 0 spiro atoms. The van der Waals surface area contributed by atoms with Gasteiger partial charge in [-0.05, 0) is 40.2 Å². The molecule has 0 radical (unpaired) electrons. The zero-order valence-electron chi connectivity index (χ0n) is 11.8. The molecule has 0 aliphatic rings. The van der Waals surface area contributed by atoms with Crippen LogP contribution in [0, 0.1) is 0 Å². The highest BCUT2D eigenvalue weighted by molar-refractivity contribution is 9.10. The van der Waals surface area contributed by atoms with Crippen LogP contribution in [0.15, 0.2) is 45.7 Å². The van der Waals surface area contributed by atoms with Crippen LogP contribution in [0.1, 0.15) is 0 Å². The number of hydrogen-bond donors (Lipinski definition) is 0. The highest BCUT2D eigenvalue weighted by atomic mass is 79.9. The molecule has 0 atom stereocenters. The van der Waals surface area contributed by atoms with Crippen LogP contribution < -0.4 is 10.3 Å². The summed E-state index contributed by atoms with van der Waals surface area (Å²) in [6.45, 7) is -0.545. The fourth-order valence-electron chi connectivity index (χ4n) is 2.00. The third-order valence-corrected chi connectivity index (χ3v) is 3.59. The van der Waals surface area contributed by atoms with Gasteiger partial charge < -0.3 is 14.0 Å². The van der Waals surface area contributed by atoms with E-state index in [2.05, 4.69) is 15.9 Å². The second kappa shape index (κ2) is 7.51. The lowest BCUT2D eigenvalue weighted by Gasteiger charge is -2.14. The molecular weight excluding hydrogens is 360 g/mol. The van der Waals surface area contributed by atoms with Crippen LogP contribution in [0.5, 0.6) is 5.75 Å². The van der Waals surface area contributed by atoms with Gasteiger partial charge in [0, 0.05) is 23.2 Å². The van der Waals surface area contributed by atoms with Gasteiger partial charge in [-0.3, -0.25) is 4.79 Å². The van der Waals surface area contributed by atoms with E-state index in [1.54, 1.807) is 30.3 Å². The molecule has 0 saturated carbocycles. The van der Waals surface area contributed by atoms with Crippen molar-refractivity contribution in [2.24, 2.45) is 0 Å². The van der Waals surface area contributed by atoms with Crippen LogP contribution in [0.25, 0.3) is 11.3 Å². The molecule has 118 valence electrons. The van der Waals surface area contributed by atoms with Gasteiger partial charge in [-0.1, -0.05) is 6.07 Å². The summed E-state index contributed by atoms with van der Waals surface area (Å²) < 4.78 is 37.2. The zero-order chi connectivity index (χ0) is 16.1. The highest BCUT2D eigenvalue weighted by Crippen LogP contribution is 2.31. The zero-order valence-corrected chi connectivity index (χ0v) is 13.3. The third kappa shape index (κ3) is 3.92. The van der Waals surface area contributed by atoms with Crippen LogP contribution in [-0.4, -0.2) is 24.9 Å². The van der Waals surface area contributed by atoms with Gasteiger partial charge in [-0.25, -0.2) is 8.78 Å². The minimum atomic E-state index is -2.61. The Morgan fingerprint density at radius 3 is 2.68 bits per heavy atom. The quantitative estimate of drug-likeness (QED) is 0.727. The molecule has 2 rings (SSSR count). The number of ether oxygens (including phenoxy) is 2. The molecule has 2 aromatic rings. The lowest BCUT2D eigenvalue weighted by Crippen LogP contribution is -2.23. The van der Waals surface area contributed by atoms with Gasteiger partial charge in [0.05, 0.1) is 12.2 Å². The second-order valence-electron chi connectivity index (χ2n) is 4.44. The van der Waals surface area contributed by atoms with E-state index in [4.69, 9.17) is 9.47 Å². The Bertz CT molecular complexity index is 703. The van der Waals surface area contributed by atoms with E-state index in [0.29, 0.717) is 21.5 Å². The maximum Gasteiger partial charge on any atom is 0.256 e. The Labute approximate surface area is 134 Å². The van der Waals surface area contributed by atoms with Crippen molar-refractivity contribution in [2.45, 2.75) is 13.0 Å². The molecule has 0 amide bonds. The van der Waals surface area contributed by atoms with Crippen molar-refractivity contribution in [3.8, 4) is 17.0 Å². The van der Waals surface area contributed by atoms with Crippen molar-refractivity contribution < 1.29 is 18.3 Å². The Morgan fingerprint density at radius 2 is 2.05 bits per heavy atom. The molecule has 0 aliphatic heterocycles. The fraction of sp³-hybridized carbons (Fsp3) is 0.267. The van der Waals surface area contributed by atoms with Gasteiger partial charge in [0.15, 0.2) is 6.79 Å². The summed E-state index contributed by atoms with van der Waals surface area (Å²) in [7, 11) is 1.51. The average molecular weight is 374 g/mol. The predicted octanol–water partition coefficient (Wildman–Crippen LogP) is 3.53. The highest BCUT2D eigenvalue weighted by Gasteiger charge is 2.13. The van der Waals surface area contributed by atoms with Gasteiger partial charge in [-0.2, -0.15) is 0 Å². The predicted molar refractivity (Wildman–Crippen MR) is 82.3 cm³/mol. The van der Waals surface area contributed by atoms with Crippen LogP contribution in [0.3, 0.4) is 0 Å². The standard InChI is InChI=1S/C15H14BrF2NO3/c1-21-9-22-10-5-6-11(12(16)7-10)13-3-2-4-15(20)19(13)8-14(17)18/h2-7,14H,8-9H2,1H3. The number of rotatable bonds is 6. The van der Waals surface area contributed by atoms with E-state index in [-0.39, 0.29) is 6.79 Å². The van der Waals surface area contributed by atoms with Crippen LogP contribution in [0.4, 0.5) is 8.78 Å². The van der Waals surface area contributed by atoms with Crippen molar-refractivity contribution in [1.29, 1.82) is 0 Å². The second-order valence-corrected chi connectivity index (χ2v) is 5.30. The molecule has 1 heterocycles. The Kier molecular flexibility index (Phi) is 5.68. The summed E-state index contributed by atoms with van der Waals surface area (Å²) in [5, 5.41) is 0. The molecule has 0 bridgehead atoms. The first-order valence-corrected chi connectivity index (χ1v) is 7.22. The van der Waals surface area contributed by atoms with E-state index in [1.807, 2.05) is 0 Å². The lowest BCUT2D eigenvalue weighted by molar-refractivity contribution is 0.0511. The molecule has 0 N–H and O–H groups in total. The molecular formula is C15H14BrF2NO3. The van der Waals surface area contributed by atoms with Gasteiger partial charge >= 0.3 is 0 Å². The van der Waals surface area contributed by atoms with Crippen molar-refractivity contribution in [2.75, 3.05) is 13.9 Å². The minimum Gasteiger partial charge on any atom is -0.468 e. The number of methoxy groups -OCH3 is 1. The number of aromatic nitrogens is 1. The SMILES string of the molecule is COCOc1ccc(-c2cccc(=O)n2CC(F)F)c(Br)c1. The molecule has 0 saturated heterocycles. The van der Waals surface area contributed by atoms with Crippen molar-refractivity contribution in [3.63, 3.8) is 0 Å². The van der Waals surface area contributed by atoms with Crippen LogP contribution in [-0.2, 0) is 11.3 Å². The number of benzene rings is 1. The lowest BCUT2D eigenvalue weighted by atomic mass is 10.1. The number of alkyl halides is 2. The third-order valence-electron chi connectivity index (χ3n) is 2.93. The normalized spacial score (nSPS) is 11.0. The summed E-state index contributed by atoms with van der Waals surface area (Å²) in [6, 6.07) is 9.50. The van der Waals surface area contributed by atoms with E-state index in [1.165, 1.54) is 13.2 Å². The first-order valence-electron chi connectivity index (χ1n) is 6.42. The molecule has 4 nitrogen and oxygen atoms in total. The van der Waals surface area contributed by atoms with E-state index in [0.717, 1.165) is 4.57 Å². The van der Waals surface area contributed by atoms with Gasteiger partial charge in [0.1, 0.15) is 5.75 Å². The maximum atomic E-state index is 12.7. The average Bonchev–Trinajstić information content (AvgIpc) is 2.47. The molecule has 0 fully saturated rings. The van der Waals surface area contributed by atoms with E-state index >= 15 is 0 Å². The largest absolute Gasteiger partial charge is 0.468 e. The number of pyridine rings is 1. The number of nitrogens with zero attached hydrogens (tertiary/aromatic N) is 1. The molecule has 7 heteroatoms. The Hall–Kier alpha value is -1.73. The van der Waals surface area contributed by atoms with E-state index in [9.17, 15) is 13.6 Å². The van der Waals surface area contributed by atoms with Crippen LogP contribution >= 0.6 is 15.9 Å². The molecule has 1 aromatic heterocycles. The molecule has 1 aromatic carbocycles. The van der Waals surface area contributed by atoms with Gasteiger partial charge in [0.2, 0.25) is 0 Å². The maximum absolute atomic E-state index is 12.7. The summed E-state index contributed by atoms with van der Waals surface area (Å²) in [4.78, 5) is 11.8. The van der Waals surface area contributed by atoms with Gasteiger partial charge in [0.25, 0.3) is 12.0 Å². The summed E-state index contributed by atoms with van der Waals surface area (Å²) in [5.41, 5.74) is 0.575. The molecule has 0 aliphatic carbocycles. The fourth-order valence-corrected chi connectivity index (χ4v) is 2.56. The Balaban J connectivity index is 2.44. The number of hydrogen-bond acceptors (Lipinski definition) is 3. The summed E-state index contributed by atoms with van der Waals surface area (Å²) in [5.74, 6) is 0.566. The first kappa shape index (κ1) is 16.6. The van der Waals surface area contributed by atoms with E-state index < -0.39 is 18.5 Å². The summed E-state index contributed by atoms with van der Waals surface area (Å²) in [6.07, 6.45) is -2.61. The monoisotopic (exact) mass is 373 g/mol. The Morgan fingerprint density at radius 1 is 1.27 bits per heavy atom. The van der Waals surface area contributed by atoms with Crippen molar-refractivity contribution in [3.05, 3.63) is 51.2 Å². The summed E-state index contributed by atoms with van der Waals surface area (Å²) >= 11 is 3.38. The first-order chi connectivity index (χ1) is 10.5. The van der Waals surface area contributed by atoms with Crippen LogP contribution in [0.2, 0.25) is 0 Å². The molecule has 22 heavy (non-hydrogen) atoms.